The Balaban J connectivity index is -0.000000280. The Kier molecular flexibility index (Phi) is 16.9. The number of ether oxygens (including phenoxy) is 1. The molecule has 1 radical (unpaired) electrons. The number of ketones is 2. The van der Waals surface area contributed by atoms with Crippen molar-refractivity contribution in [3.8, 4) is 0 Å². The predicted octanol–water partition coefficient (Wildman–Crippen LogP) is 2.04. The van der Waals surface area contributed by atoms with Crippen LogP contribution in [0.25, 0.3) is 0 Å². The van der Waals surface area contributed by atoms with Gasteiger partial charge in [-0.15, -0.1) is 0 Å². The molecule has 0 aromatic rings. The zero-order chi connectivity index (χ0) is 14.8. The Bertz CT molecular complexity index is 244. The molecule has 19 heavy (non-hydrogen) atoms. The van der Waals surface area contributed by atoms with E-state index in [1.807, 2.05) is 34.6 Å². The van der Waals surface area contributed by atoms with Crippen molar-refractivity contribution in [3.63, 3.8) is 0 Å². The van der Waals surface area contributed by atoms with E-state index >= 15 is 0 Å². The van der Waals surface area contributed by atoms with Gasteiger partial charge in [0.05, 0.1) is 19.8 Å². The summed E-state index contributed by atoms with van der Waals surface area (Å²) < 4.78 is 4.93. The first-order chi connectivity index (χ1) is 8.12. The Labute approximate surface area is 142 Å². The number of Topliss-reactive ketones (excluding diaryl/α,β-unsaturated/α-hetero) is 2. The van der Waals surface area contributed by atoms with Gasteiger partial charge in [-0.1, -0.05) is 34.6 Å². The van der Waals surface area contributed by atoms with Gasteiger partial charge >= 0.3 is 0 Å². The molecule has 0 fully saturated rings. The van der Waals surface area contributed by atoms with Crippen molar-refractivity contribution < 1.29 is 52.1 Å². The zero-order valence-corrected chi connectivity index (χ0v) is 15.7. The topological polar surface area (TPSA) is 63.6 Å². The maximum absolute atomic E-state index is 11.0. The Morgan fingerprint density at radius 2 is 1.63 bits per heavy atom. The maximum atomic E-state index is 11.0. The van der Waals surface area contributed by atoms with E-state index in [2.05, 4.69) is 6.92 Å². The monoisotopic (exact) mass is 348 g/mol. The van der Waals surface area contributed by atoms with E-state index in [1.54, 1.807) is 0 Å². The Hall–Kier alpha value is 0.234. The van der Waals surface area contributed by atoms with Gasteiger partial charge in [-0.3, -0.25) is 4.79 Å². The fourth-order valence-electron chi connectivity index (χ4n) is 0.628. The molecule has 0 spiro atoms. The zero-order valence-electron chi connectivity index (χ0n) is 12.9. The van der Waals surface area contributed by atoms with Crippen molar-refractivity contribution in [2.45, 2.75) is 41.0 Å². The van der Waals surface area contributed by atoms with Gasteiger partial charge in [0, 0.05) is 50.8 Å². The molecular formula is C14H27O4Y-. The van der Waals surface area contributed by atoms with Gasteiger partial charge in [0.1, 0.15) is 5.78 Å². The predicted molar refractivity (Wildman–Crippen MR) is 72.2 cm³/mol. The molecular weight excluding hydrogens is 321 g/mol. The summed E-state index contributed by atoms with van der Waals surface area (Å²) in [5.41, 5.74) is -0.250. The minimum Gasteiger partial charge on any atom is -0.394 e. The number of aliphatic hydroxyl groups is 1. The number of hydrogen-bond donors (Lipinski definition) is 1. The molecule has 5 heteroatoms. The van der Waals surface area contributed by atoms with E-state index in [-0.39, 0.29) is 62.2 Å². The van der Waals surface area contributed by atoms with E-state index in [0.717, 1.165) is 0 Å². The first kappa shape index (κ1) is 24.3. The van der Waals surface area contributed by atoms with Crippen LogP contribution in [-0.2, 0) is 47.0 Å². The Morgan fingerprint density at radius 3 is 1.89 bits per heavy atom. The summed E-state index contributed by atoms with van der Waals surface area (Å²) in [7, 11) is 0. The summed E-state index contributed by atoms with van der Waals surface area (Å²) in [5, 5.41) is 8.33. The molecule has 0 bridgehead atoms. The Morgan fingerprint density at radius 1 is 1.21 bits per heavy atom. The number of aliphatic hydroxyl groups excluding tert-OH is 1. The van der Waals surface area contributed by atoms with Gasteiger partial charge < -0.3 is 21.6 Å². The molecule has 0 atom stereocenters. The average Bonchev–Trinajstić information content (AvgIpc) is 2.23. The molecule has 111 valence electrons. The largest absolute Gasteiger partial charge is 0.394 e. The average molecular weight is 348 g/mol. The molecule has 0 unspecified atom stereocenters. The smallest absolute Gasteiger partial charge is 0.137 e. The van der Waals surface area contributed by atoms with Gasteiger partial charge in [0.2, 0.25) is 0 Å². The second kappa shape index (κ2) is 13.2. The SMILES string of the molecule is CC(C)C(=O)CCOCCO.[CH2-]C(=O)C(C)(C)C.[Y]. The molecule has 0 rings (SSSR count). The van der Waals surface area contributed by atoms with Crippen molar-refractivity contribution in [1.82, 2.24) is 0 Å². The minimum atomic E-state index is -0.250. The van der Waals surface area contributed by atoms with Crippen LogP contribution in [0.2, 0.25) is 0 Å². The fraction of sp³-hybridized carbons (Fsp3) is 0.786. The minimum absolute atomic E-state index is 0. The second-order valence-corrected chi connectivity index (χ2v) is 5.38. The van der Waals surface area contributed by atoms with Gasteiger partial charge in [-0.05, 0) is 5.41 Å². The normalized spacial score (nSPS) is 10.3. The van der Waals surface area contributed by atoms with Gasteiger partial charge in [0.15, 0.2) is 0 Å². The molecule has 0 amide bonds. The molecule has 0 aliphatic carbocycles. The van der Waals surface area contributed by atoms with Crippen molar-refractivity contribution in [2.75, 3.05) is 19.8 Å². The molecule has 0 heterocycles. The van der Waals surface area contributed by atoms with E-state index in [9.17, 15) is 9.59 Å². The van der Waals surface area contributed by atoms with Gasteiger partial charge in [-0.25, -0.2) is 0 Å². The molecule has 0 aromatic carbocycles. The summed E-state index contributed by atoms with van der Waals surface area (Å²) in [6.07, 6.45) is 0.456. The number of carbonyl (C=O) groups is 2. The quantitative estimate of drug-likeness (QED) is 0.589. The summed E-state index contributed by atoms with van der Waals surface area (Å²) in [5.74, 6) is 0.295. The van der Waals surface area contributed by atoms with Crippen LogP contribution in [0.5, 0.6) is 0 Å². The molecule has 1 N–H and O–H groups in total. The molecule has 0 saturated carbocycles. The van der Waals surface area contributed by atoms with Crippen LogP contribution in [0.15, 0.2) is 0 Å². The molecule has 0 aliphatic rings. The fourth-order valence-corrected chi connectivity index (χ4v) is 0.628. The third-order valence-corrected chi connectivity index (χ3v) is 2.21. The van der Waals surface area contributed by atoms with Crippen LogP contribution in [0.4, 0.5) is 0 Å². The second-order valence-electron chi connectivity index (χ2n) is 5.38. The van der Waals surface area contributed by atoms with Crippen LogP contribution in [0, 0.1) is 18.3 Å². The maximum Gasteiger partial charge on any atom is 0.137 e. The van der Waals surface area contributed by atoms with Crippen LogP contribution in [-0.4, -0.2) is 36.5 Å². The van der Waals surface area contributed by atoms with E-state index in [1.165, 1.54) is 0 Å². The van der Waals surface area contributed by atoms with Gasteiger partial charge in [0.25, 0.3) is 0 Å². The summed E-state index contributed by atoms with van der Waals surface area (Å²) in [6, 6.07) is 0. The van der Waals surface area contributed by atoms with Crippen LogP contribution < -0.4 is 0 Å². The standard InChI is InChI=1S/C8H16O3.C6H11O.Y/c1-7(2)8(10)3-5-11-6-4-9;1-5(7)6(2,3)4;/h7,9H,3-6H2,1-2H3;1H2,2-4H3;/q;-1;. The van der Waals surface area contributed by atoms with Crippen molar-refractivity contribution in [1.29, 1.82) is 0 Å². The summed E-state index contributed by atoms with van der Waals surface area (Å²) >= 11 is 0. The number of carbonyl (C=O) groups excluding carboxylic acids is 2. The van der Waals surface area contributed by atoms with Crippen molar-refractivity contribution in [3.05, 3.63) is 6.92 Å². The van der Waals surface area contributed by atoms with E-state index in [4.69, 9.17) is 9.84 Å². The molecule has 0 aromatic heterocycles. The third kappa shape index (κ3) is 18.2. The first-order valence-corrected chi connectivity index (χ1v) is 6.20. The van der Waals surface area contributed by atoms with E-state index in [0.29, 0.717) is 19.6 Å². The van der Waals surface area contributed by atoms with Crippen molar-refractivity contribution >= 4 is 11.6 Å². The molecule has 4 nitrogen and oxygen atoms in total. The summed E-state index contributed by atoms with van der Waals surface area (Å²) in [6.45, 7) is 13.3. The van der Waals surface area contributed by atoms with Crippen LogP contribution >= 0.6 is 0 Å². The first-order valence-electron chi connectivity index (χ1n) is 6.20. The number of hydrogen-bond acceptors (Lipinski definition) is 4. The summed E-state index contributed by atoms with van der Waals surface area (Å²) in [4.78, 5) is 21.3. The number of rotatable bonds is 6. The molecule has 0 saturated heterocycles. The van der Waals surface area contributed by atoms with Crippen LogP contribution in [0.3, 0.4) is 0 Å². The van der Waals surface area contributed by atoms with Crippen molar-refractivity contribution in [2.24, 2.45) is 11.3 Å². The van der Waals surface area contributed by atoms with Gasteiger partial charge in [-0.2, -0.15) is 0 Å². The van der Waals surface area contributed by atoms with Crippen LogP contribution in [0.1, 0.15) is 41.0 Å². The van der Waals surface area contributed by atoms with E-state index < -0.39 is 0 Å². The third-order valence-electron chi connectivity index (χ3n) is 2.21. The molecule has 0 aliphatic heterocycles.